The second-order valence-electron chi connectivity index (χ2n) is 5.47. The predicted octanol–water partition coefficient (Wildman–Crippen LogP) is 3.78. The van der Waals surface area contributed by atoms with Crippen molar-refractivity contribution in [2.45, 2.75) is 31.3 Å². The standard InChI is InChI=1S/C17H19ClN2O/c1-21-17-13(3-2-8-19-17)11-20-16-9-14(10-16)12-4-6-15(18)7-5-12/h2-8,14,16,20H,9-11H2,1H3. The molecular formula is C17H19ClN2O. The third kappa shape index (κ3) is 3.36. The van der Waals surface area contributed by atoms with E-state index in [1.165, 1.54) is 18.4 Å². The van der Waals surface area contributed by atoms with Crippen LogP contribution in [-0.4, -0.2) is 18.1 Å². The van der Waals surface area contributed by atoms with Crippen molar-refractivity contribution < 1.29 is 4.74 Å². The quantitative estimate of drug-likeness (QED) is 0.912. The molecule has 3 rings (SSSR count). The molecule has 3 nitrogen and oxygen atoms in total. The highest BCUT2D eigenvalue weighted by atomic mass is 35.5. The molecule has 1 aliphatic carbocycles. The van der Waals surface area contributed by atoms with Gasteiger partial charge >= 0.3 is 0 Å². The molecule has 0 aliphatic heterocycles. The van der Waals surface area contributed by atoms with Gasteiger partial charge in [0.05, 0.1) is 7.11 Å². The molecule has 1 saturated carbocycles. The second-order valence-corrected chi connectivity index (χ2v) is 5.91. The van der Waals surface area contributed by atoms with Crippen molar-refractivity contribution in [3.8, 4) is 5.88 Å². The first-order valence-corrected chi connectivity index (χ1v) is 7.61. The molecular weight excluding hydrogens is 284 g/mol. The minimum atomic E-state index is 0.565. The van der Waals surface area contributed by atoms with Gasteiger partial charge in [-0.15, -0.1) is 0 Å². The van der Waals surface area contributed by atoms with Crippen LogP contribution in [0.1, 0.15) is 29.9 Å². The van der Waals surface area contributed by atoms with E-state index in [0.29, 0.717) is 17.8 Å². The van der Waals surface area contributed by atoms with E-state index in [9.17, 15) is 0 Å². The van der Waals surface area contributed by atoms with Gasteiger partial charge in [0.1, 0.15) is 0 Å². The number of nitrogens with one attached hydrogen (secondary N) is 1. The summed E-state index contributed by atoms with van der Waals surface area (Å²) < 4.78 is 5.27. The molecule has 1 heterocycles. The molecule has 1 aliphatic rings. The van der Waals surface area contributed by atoms with Gasteiger partial charge in [0.2, 0.25) is 5.88 Å². The maximum atomic E-state index is 5.92. The average Bonchev–Trinajstić information content (AvgIpc) is 2.48. The normalized spacial score (nSPS) is 20.9. The summed E-state index contributed by atoms with van der Waals surface area (Å²) in [4.78, 5) is 4.22. The fraction of sp³-hybridized carbons (Fsp3) is 0.353. The van der Waals surface area contributed by atoms with E-state index < -0.39 is 0 Å². The predicted molar refractivity (Wildman–Crippen MR) is 84.8 cm³/mol. The molecule has 4 heteroatoms. The van der Waals surface area contributed by atoms with Gasteiger partial charge in [0.25, 0.3) is 0 Å². The molecule has 21 heavy (non-hydrogen) atoms. The molecule has 1 N–H and O–H groups in total. The molecule has 0 amide bonds. The molecule has 1 aromatic carbocycles. The van der Waals surface area contributed by atoms with Crippen LogP contribution < -0.4 is 10.1 Å². The first-order valence-electron chi connectivity index (χ1n) is 7.23. The van der Waals surface area contributed by atoms with Crippen LogP contribution in [0.4, 0.5) is 0 Å². The van der Waals surface area contributed by atoms with Gasteiger partial charge < -0.3 is 10.1 Å². The van der Waals surface area contributed by atoms with Crippen LogP contribution in [0.3, 0.4) is 0 Å². The molecule has 0 saturated heterocycles. The minimum absolute atomic E-state index is 0.565. The smallest absolute Gasteiger partial charge is 0.217 e. The Kier molecular flexibility index (Phi) is 4.42. The summed E-state index contributed by atoms with van der Waals surface area (Å²) in [5, 5.41) is 4.38. The minimum Gasteiger partial charge on any atom is -0.481 e. The van der Waals surface area contributed by atoms with Crippen LogP contribution in [-0.2, 0) is 6.54 Å². The molecule has 110 valence electrons. The lowest BCUT2D eigenvalue weighted by molar-refractivity contribution is 0.287. The number of aromatic nitrogens is 1. The number of hydrogen-bond acceptors (Lipinski definition) is 3. The van der Waals surface area contributed by atoms with E-state index in [-0.39, 0.29) is 0 Å². The Hall–Kier alpha value is -1.58. The lowest BCUT2D eigenvalue weighted by atomic mass is 9.76. The number of nitrogens with zero attached hydrogens (tertiary/aromatic N) is 1. The lowest BCUT2D eigenvalue weighted by Crippen LogP contribution is -2.39. The first-order chi connectivity index (χ1) is 10.3. The highest BCUT2D eigenvalue weighted by Gasteiger charge is 2.29. The maximum absolute atomic E-state index is 5.92. The van der Waals surface area contributed by atoms with Crippen LogP contribution in [0.25, 0.3) is 0 Å². The molecule has 1 aromatic heterocycles. The summed E-state index contributed by atoms with van der Waals surface area (Å²) in [5.74, 6) is 1.36. The topological polar surface area (TPSA) is 34.1 Å². The highest BCUT2D eigenvalue weighted by Crippen LogP contribution is 2.37. The van der Waals surface area contributed by atoms with Crippen molar-refractivity contribution in [1.82, 2.24) is 10.3 Å². The summed E-state index contributed by atoms with van der Waals surface area (Å²) in [6.45, 7) is 0.801. The number of benzene rings is 1. The van der Waals surface area contributed by atoms with Crippen molar-refractivity contribution in [3.05, 3.63) is 58.7 Å². The van der Waals surface area contributed by atoms with Gasteiger partial charge in [-0.25, -0.2) is 4.98 Å². The van der Waals surface area contributed by atoms with Gasteiger partial charge in [-0.05, 0) is 42.5 Å². The number of halogens is 1. The third-order valence-electron chi connectivity index (χ3n) is 4.10. The van der Waals surface area contributed by atoms with E-state index >= 15 is 0 Å². The number of methoxy groups -OCH3 is 1. The van der Waals surface area contributed by atoms with Crippen LogP contribution >= 0.6 is 11.6 Å². The Labute approximate surface area is 130 Å². The van der Waals surface area contributed by atoms with Crippen LogP contribution in [0.15, 0.2) is 42.6 Å². The Morgan fingerprint density at radius 3 is 2.71 bits per heavy atom. The molecule has 0 spiro atoms. The summed E-state index contributed by atoms with van der Waals surface area (Å²) in [7, 11) is 1.66. The van der Waals surface area contributed by atoms with Gasteiger partial charge in [0, 0.05) is 29.4 Å². The van der Waals surface area contributed by atoms with Crippen molar-refractivity contribution in [3.63, 3.8) is 0 Å². The van der Waals surface area contributed by atoms with Gasteiger partial charge in [-0.2, -0.15) is 0 Å². The van der Waals surface area contributed by atoms with Crippen molar-refractivity contribution in [1.29, 1.82) is 0 Å². The Morgan fingerprint density at radius 1 is 1.24 bits per heavy atom. The number of pyridine rings is 1. The van der Waals surface area contributed by atoms with E-state index in [0.717, 1.165) is 17.1 Å². The zero-order valence-corrected chi connectivity index (χ0v) is 12.8. The van der Waals surface area contributed by atoms with Crippen molar-refractivity contribution >= 4 is 11.6 Å². The fourth-order valence-corrected chi connectivity index (χ4v) is 2.91. The first kappa shape index (κ1) is 14.4. The van der Waals surface area contributed by atoms with Gasteiger partial charge in [-0.1, -0.05) is 29.8 Å². The second kappa shape index (κ2) is 6.46. The molecule has 1 fully saturated rings. The lowest BCUT2D eigenvalue weighted by Gasteiger charge is -2.36. The van der Waals surface area contributed by atoms with Crippen LogP contribution in [0.2, 0.25) is 5.02 Å². The van der Waals surface area contributed by atoms with Crippen LogP contribution in [0, 0.1) is 0 Å². The molecule has 2 aromatic rings. The van der Waals surface area contributed by atoms with E-state index in [2.05, 4.69) is 22.4 Å². The van der Waals surface area contributed by atoms with Gasteiger partial charge in [0.15, 0.2) is 0 Å². The van der Waals surface area contributed by atoms with Gasteiger partial charge in [-0.3, -0.25) is 0 Å². The zero-order valence-electron chi connectivity index (χ0n) is 12.1. The zero-order chi connectivity index (χ0) is 14.7. The van der Waals surface area contributed by atoms with Crippen molar-refractivity contribution in [2.24, 2.45) is 0 Å². The summed E-state index contributed by atoms with van der Waals surface area (Å²) in [6.07, 6.45) is 4.09. The number of rotatable bonds is 5. The SMILES string of the molecule is COc1ncccc1CNC1CC(c2ccc(Cl)cc2)C1. The largest absolute Gasteiger partial charge is 0.481 e. The molecule has 0 unspecified atom stereocenters. The van der Waals surface area contributed by atoms with E-state index in [1.807, 2.05) is 24.3 Å². The third-order valence-corrected chi connectivity index (χ3v) is 4.36. The van der Waals surface area contributed by atoms with E-state index in [4.69, 9.17) is 16.3 Å². The molecule has 0 radical (unpaired) electrons. The fourth-order valence-electron chi connectivity index (χ4n) is 2.79. The molecule has 0 atom stereocenters. The maximum Gasteiger partial charge on any atom is 0.217 e. The summed E-state index contributed by atoms with van der Waals surface area (Å²) in [5.41, 5.74) is 2.49. The van der Waals surface area contributed by atoms with Crippen LogP contribution in [0.5, 0.6) is 5.88 Å². The Balaban J connectivity index is 1.50. The Morgan fingerprint density at radius 2 is 2.00 bits per heavy atom. The Bertz CT molecular complexity index is 594. The summed E-state index contributed by atoms with van der Waals surface area (Å²) >= 11 is 5.92. The van der Waals surface area contributed by atoms with Crippen molar-refractivity contribution in [2.75, 3.05) is 7.11 Å². The monoisotopic (exact) mass is 302 g/mol. The van der Waals surface area contributed by atoms with E-state index in [1.54, 1.807) is 13.3 Å². The highest BCUT2D eigenvalue weighted by molar-refractivity contribution is 6.30. The number of ether oxygens (including phenoxy) is 1. The number of hydrogen-bond donors (Lipinski definition) is 1. The molecule has 0 bridgehead atoms. The average molecular weight is 303 g/mol. The summed E-state index contributed by atoms with van der Waals surface area (Å²) in [6, 6.07) is 12.8.